The van der Waals surface area contributed by atoms with Gasteiger partial charge < -0.3 is 4.98 Å². The van der Waals surface area contributed by atoms with E-state index >= 15 is 0 Å². The molecule has 70 valence electrons. The Bertz CT molecular complexity index is 373. The van der Waals surface area contributed by atoms with E-state index in [0.29, 0.717) is 0 Å². The number of aromatic nitrogens is 1. The maximum atomic E-state index is 10.9. The van der Waals surface area contributed by atoms with Gasteiger partial charge in [0.1, 0.15) is 0 Å². The Hall–Kier alpha value is -1.16. The van der Waals surface area contributed by atoms with E-state index in [0.717, 1.165) is 17.7 Å². The molecule has 0 unspecified atom stereocenters. The standard InChI is InChI=1S/C9H12N2OS/c1-3-4-7(5-10-2)8-6-13-9(12)11-8/h4-6H,3H2,1-2H3,(H,11,12)/b7-4+,10-5?. The van der Waals surface area contributed by atoms with Crippen LogP contribution in [0.3, 0.4) is 0 Å². The smallest absolute Gasteiger partial charge is 0.304 e. The largest absolute Gasteiger partial charge is 0.312 e. The van der Waals surface area contributed by atoms with Crippen LogP contribution in [0.4, 0.5) is 0 Å². The molecule has 1 heterocycles. The number of thiazole rings is 1. The van der Waals surface area contributed by atoms with Crippen LogP contribution < -0.4 is 4.87 Å². The van der Waals surface area contributed by atoms with E-state index < -0.39 is 0 Å². The fourth-order valence-corrected chi connectivity index (χ4v) is 1.60. The highest BCUT2D eigenvalue weighted by molar-refractivity contribution is 7.07. The zero-order chi connectivity index (χ0) is 9.68. The molecular formula is C9H12N2OS. The lowest BCUT2D eigenvalue weighted by molar-refractivity contribution is 1.22. The van der Waals surface area contributed by atoms with E-state index in [1.54, 1.807) is 13.3 Å². The minimum absolute atomic E-state index is 0.0264. The van der Waals surface area contributed by atoms with Gasteiger partial charge in [-0.1, -0.05) is 24.3 Å². The molecule has 1 aromatic rings. The number of H-pyrrole nitrogens is 1. The van der Waals surface area contributed by atoms with Crippen molar-refractivity contribution in [2.75, 3.05) is 7.05 Å². The first-order valence-electron chi connectivity index (χ1n) is 4.08. The van der Waals surface area contributed by atoms with Crippen molar-refractivity contribution in [2.24, 2.45) is 4.99 Å². The van der Waals surface area contributed by atoms with Gasteiger partial charge in [-0.2, -0.15) is 0 Å². The molecule has 0 bridgehead atoms. The molecule has 1 aromatic heterocycles. The number of aliphatic imine (C=N–C) groups is 1. The molecule has 4 heteroatoms. The molecule has 0 radical (unpaired) electrons. The predicted octanol–water partition coefficient (Wildman–Crippen LogP) is 1.93. The van der Waals surface area contributed by atoms with Gasteiger partial charge >= 0.3 is 4.87 Å². The lowest BCUT2D eigenvalue weighted by Gasteiger charge is -1.95. The number of hydrogen-bond donors (Lipinski definition) is 1. The molecule has 3 nitrogen and oxygen atoms in total. The van der Waals surface area contributed by atoms with E-state index in [1.807, 2.05) is 18.4 Å². The van der Waals surface area contributed by atoms with Crippen molar-refractivity contribution in [1.29, 1.82) is 0 Å². The molecule has 1 rings (SSSR count). The zero-order valence-electron chi connectivity index (χ0n) is 7.70. The van der Waals surface area contributed by atoms with E-state index in [4.69, 9.17) is 0 Å². The van der Waals surface area contributed by atoms with Gasteiger partial charge in [-0.3, -0.25) is 9.79 Å². The first-order chi connectivity index (χ1) is 6.27. The van der Waals surface area contributed by atoms with Crippen LogP contribution in [0.15, 0.2) is 21.2 Å². The lowest BCUT2D eigenvalue weighted by atomic mass is 10.2. The molecule has 0 saturated carbocycles. The minimum Gasteiger partial charge on any atom is -0.312 e. The summed E-state index contributed by atoms with van der Waals surface area (Å²) < 4.78 is 0. The molecule has 0 aliphatic rings. The molecule has 0 amide bonds. The molecular weight excluding hydrogens is 184 g/mol. The van der Waals surface area contributed by atoms with Gasteiger partial charge in [0.05, 0.1) is 5.69 Å². The van der Waals surface area contributed by atoms with Gasteiger partial charge in [-0.25, -0.2) is 0 Å². The summed E-state index contributed by atoms with van der Waals surface area (Å²) in [4.78, 5) is 17.5. The highest BCUT2D eigenvalue weighted by Gasteiger charge is 1.99. The van der Waals surface area contributed by atoms with Crippen molar-refractivity contribution >= 4 is 23.1 Å². The van der Waals surface area contributed by atoms with Gasteiger partial charge in [0.25, 0.3) is 0 Å². The highest BCUT2D eigenvalue weighted by Crippen LogP contribution is 2.10. The maximum absolute atomic E-state index is 10.9. The fourth-order valence-electron chi connectivity index (χ4n) is 1.01. The summed E-state index contributed by atoms with van der Waals surface area (Å²) >= 11 is 1.17. The minimum atomic E-state index is -0.0264. The Morgan fingerprint density at radius 1 is 1.77 bits per heavy atom. The van der Waals surface area contributed by atoms with Gasteiger partial charge in [-0.05, 0) is 6.42 Å². The van der Waals surface area contributed by atoms with Crippen LogP contribution in [0, 0.1) is 0 Å². The van der Waals surface area contributed by atoms with Crippen molar-refractivity contribution in [2.45, 2.75) is 13.3 Å². The second kappa shape index (κ2) is 4.77. The predicted molar refractivity (Wildman–Crippen MR) is 57.6 cm³/mol. The van der Waals surface area contributed by atoms with Gasteiger partial charge in [0.15, 0.2) is 0 Å². The van der Waals surface area contributed by atoms with Gasteiger partial charge in [-0.15, -0.1) is 0 Å². The van der Waals surface area contributed by atoms with Crippen LogP contribution in [-0.4, -0.2) is 18.2 Å². The first-order valence-corrected chi connectivity index (χ1v) is 4.96. The molecule has 13 heavy (non-hydrogen) atoms. The van der Waals surface area contributed by atoms with Crippen molar-refractivity contribution < 1.29 is 0 Å². The van der Waals surface area contributed by atoms with E-state index in [1.165, 1.54) is 11.3 Å². The molecule has 0 fully saturated rings. The second-order valence-electron chi connectivity index (χ2n) is 2.52. The Morgan fingerprint density at radius 2 is 2.54 bits per heavy atom. The Labute approximate surface area is 80.8 Å². The number of nitrogens with one attached hydrogen (secondary N) is 1. The summed E-state index contributed by atoms with van der Waals surface area (Å²) in [5.41, 5.74) is 1.82. The number of aromatic amines is 1. The number of nitrogens with zero attached hydrogens (tertiary/aromatic N) is 1. The van der Waals surface area contributed by atoms with Crippen LogP contribution in [0.1, 0.15) is 19.0 Å². The molecule has 0 aliphatic heterocycles. The third-order valence-electron chi connectivity index (χ3n) is 1.52. The highest BCUT2D eigenvalue weighted by atomic mass is 32.1. The first kappa shape index (κ1) is 9.92. The lowest BCUT2D eigenvalue weighted by Crippen LogP contribution is -1.95. The Morgan fingerprint density at radius 3 is 3.00 bits per heavy atom. The summed E-state index contributed by atoms with van der Waals surface area (Å²) in [6.07, 6.45) is 4.71. The van der Waals surface area contributed by atoms with Crippen LogP contribution in [0.5, 0.6) is 0 Å². The van der Waals surface area contributed by atoms with Crippen LogP contribution in [0.25, 0.3) is 5.57 Å². The van der Waals surface area contributed by atoms with Gasteiger partial charge in [0.2, 0.25) is 0 Å². The number of rotatable bonds is 3. The third-order valence-corrected chi connectivity index (χ3v) is 2.19. The van der Waals surface area contributed by atoms with E-state index in [9.17, 15) is 4.79 Å². The summed E-state index contributed by atoms with van der Waals surface area (Å²) in [6, 6.07) is 0. The monoisotopic (exact) mass is 196 g/mol. The van der Waals surface area contributed by atoms with Crippen LogP contribution in [0.2, 0.25) is 0 Å². The van der Waals surface area contributed by atoms with Crippen molar-refractivity contribution in [3.8, 4) is 0 Å². The second-order valence-corrected chi connectivity index (χ2v) is 3.36. The SMILES string of the molecule is CC/C=C(\C=NC)c1csc(=O)[nH]1. The van der Waals surface area contributed by atoms with Crippen LogP contribution >= 0.6 is 11.3 Å². The maximum Gasteiger partial charge on any atom is 0.304 e. The number of allylic oxidation sites excluding steroid dienone is 2. The normalized spacial score (nSPS) is 12.6. The fraction of sp³-hybridized carbons (Fsp3) is 0.333. The Kier molecular flexibility index (Phi) is 3.64. The van der Waals surface area contributed by atoms with Crippen molar-refractivity contribution in [3.05, 3.63) is 26.8 Å². The van der Waals surface area contributed by atoms with Gasteiger partial charge in [0, 0.05) is 24.2 Å². The Balaban J connectivity index is 3.02. The zero-order valence-corrected chi connectivity index (χ0v) is 8.52. The molecule has 0 atom stereocenters. The average Bonchev–Trinajstić information content (AvgIpc) is 2.51. The molecule has 1 N–H and O–H groups in total. The molecule has 0 saturated heterocycles. The molecule has 0 spiro atoms. The summed E-state index contributed by atoms with van der Waals surface area (Å²) in [5.74, 6) is 0. The van der Waals surface area contributed by atoms with E-state index in [-0.39, 0.29) is 4.87 Å². The van der Waals surface area contributed by atoms with Crippen molar-refractivity contribution in [3.63, 3.8) is 0 Å². The molecule has 0 aliphatic carbocycles. The summed E-state index contributed by atoms with van der Waals surface area (Å²) in [5, 5.41) is 1.81. The molecule has 0 aromatic carbocycles. The third kappa shape index (κ3) is 2.66. The quantitative estimate of drug-likeness (QED) is 0.738. The van der Waals surface area contributed by atoms with Crippen molar-refractivity contribution in [1.82, 2.24) is 4.98 Å². The number of hydrogen-bond acceptors (Lipinski definition) is 3. The topological polar surface area (TPSA) is 45.2 Å². The average molecular weight is 196 g/mol. The summed E-state index contributed by atoms with van der Waals surface area (Å²) in [6.45, 7) is 2.05. The van der Waals surface area contributed by atoms with E-state index in [2.05, 4.69) is 9.98 Å². The summed E-state index contributed by atoms with van der Waals surface area (Å²) in [7, 11) is 1.72. The van der Waals surface area contributed by atoms with Crippen LogP contribution in [-0.2, 0) is 0 Å².